The standard InChI is InChI=1S/C16H27N3/c1-4-7-17-10-15-6-5-8-18-16(15)19-11-13(2)9-14(3)12-19/h5-6,8,13-14,17H,4,7,9-12H2,1-3H3. The lowest BCUT2D eigenvalue weighted by atomic mass is 9.91. The Morgan fingerprint density at radius 2 is 2.05 bits per heavy atom. The lowest BCUT2D eigenvalue weighted by Crippen LogP contribution is -2.40. The van der Waals surface area contributed by atoms with E-state index in [-0.39, 0.29) is 0 Å². The van der Waals surface area contributed by atoms with Crippen LogP contribution in [0.3, 0.4) is 0 Å². The van der Waals surface area contributed by atoms with E-state index in [4.69, 9.17) is 0 Å². The number of anilines is 1. The Labute approximate surface area is 117 Å². The molecule has 2 atom stereocenters. The number of aromatic nitrogens is 1. The van der Waals surface area contributed by atoms with Crippen molar-refractivity contribution in [2.24, 2.45) is 11.8 Å². The molecule has 0 aromatic carbocycles. The minimum absolute atomic E-state index is 0.766. The molecule has 2 heterocycles. The van der Waals surface area contributed by atoms with E-state index in [1.165, 1.54) is 24.2 Å². The second-order valence-corrected chi connectivity index (χ2v) is 6.01. The first-order chi connectivity index (χ1) is 9.20. The lowest BCUT2D eigenvalue weighted by Gasteiger charge is -2.36. The van der Waals surface area contributed by atoms with Crippen molar-refractivity contribution in [1.82, 2.24) is 10.3 Å². The van der Waals surface area contributed by atoms with E-state index in [1.807, 2.05) is 12.3 Å². The zero-order valence-electron chi connectivity index (χ0n) is 12.5. The van der Waals surface area contributed by atoms with E-state index in [9.17, 15) is 0 Å². The summed E-state index contributed by atoms with van der Waals surface area (Å²) in [4.78, 5) is 7.11. The summed E-state index contributed by atoms with van der Waals surface area (Å²) >= 11 is 0. The lowest BCUT2D eigenvalue weighted by molar-refractivity contribution is 0.354. The summed E-state index contributed by atoms with van der Waals surface area (Å²) in [6.45, 7) is 11.2. The minimum atomic E-state index is 0.766. The van der Waals surface area contributed by atoms with Gasteiger partial charge in [-0.1, -0.05) is 26.8 Å². The van der Waals surface area contributed by atoms with Crippen molar-refractivity contribution < 1.29 is 0 Å². The van der Waals surface area contributed by atoms with Crippen molar-refractivity contribution in [3.05, 3.63) is 23.9 Å². The fourth-order valence-electron chi connectivity index (χ4n) is 3.09. The first-order valence-corrected chi connectivity index (χ1v) is 7.60. The van der Waals surface area contributed by atoms with Crippen LogP contribution in [0.4, 0.5) is 5.82 Å². The Kier molecular flexibility index (Phi) is 5.20. The number of hydrogen-bond donors (Lipinski definition) is 1. The third-order valence-corrected chi connectivity index (χ3v) is 3.78. The second-order valence-electron chi connectivity index (χ2n) is 6.01. The van der Waals surface area contributed by atoms with Crippen LogP contribution in [0.25, 0.3) is 0 Å². The molecule has 0 saturated carbocycles. The highest BCUT2D eigenvalue weighted by atomic mass is 15.2. The van der Waals surface area contributed by atoms with E-state index in [0.29, 0.717) is 0 Å². The predicted molar refractivity (Wildman–Crippen MR) is 81.4 cm³/mol. The van der Waals surface area contributed by atoms with Gasteiger partial charge in [0.1, 0.15) is 5.82 Å². The third kappa shape index (κ3) is 3.93. The summed E-state index contributed by atoms with van der Waals surface area (Å²) in [5, 5.41) is 3.49. The van der Waals surface area contributed by atoms with Crippen LogP contribution in [0, 0.1) is 11.8 Å². The number of piperidine rings is 1. The molecule has 1 aliphatic rings. The molecule has 3 nitrogen and oxygen atoms in total. The molecular weight excluding hydrogens is 234 g/mol. The summed E-state index contributed by atoms with van der Waals surface area (Å²) in [6, 6.07) is 4.25. The van der Waals surface area contributed by atoms with Crippen LogP contribution in [0.15, 0.2) is 18.3 Å². The number of nitrogens with zero attached hydrogens (tertiary/aromatic N) is 2. The quantitative estimate of drug-likeness (QED) is 0.826. The summed E-state index contributed by atoms with van der Waals surface area (Å²) < 4.78 is 0. The van der Waals surface area contributed by atoms with Crippen LogP contribution in [-0.4, -0.2) is 24.6 Å². The Balaban J connectivity index is 2.09. The Morgan fingerprint density at radius 1 is 1.32 bits per heavy atom. The van der Waals surface area contributed by atoms with Crippen molar-refractivity contribution in [3.8, 4) is 0 Å². The maximum absolute atomic E-state index is 4.64. The zero-order valence-corrected chi connectivity index (χ0v) is 12.5. The maximum Gasteiger partial charge on any atom is 0.133 e. The zero-order chi connectivity index (χ0) is 13.7. The molecule has 0 radical (unpaired) electrons. The van der Waals surface area contributed by atoms with Gasteiger partial charge in [-0.25, -0.2) is 4.98 Å². The largest absolute Gasteiger partial charge is 0.356 e. The molecule has 2 unspecified atom stereocenters. The average molecular weight is 261 g/mol. The van der Waals surface area contributed by atoms with Gasteiger partial charge in [0.25, 0.3) is 0 Å². The van der Waals surface area contributed by atoms with Crippen LogP contribution in [0.1, 0.15) is 39.2 Å². The van der Waals surface area contributed by atoms with Gasteiger partial charge in [0.05, 0.1) is 0 Å². The van der Waals surface area contributed by atoms with Gasteiger partial charge >= 0.3 is 0 Å². The first kappa shape index (κ1) is 14.3. The SMILES string of the molecule is CCCNCc1cccnc1N1CC(C)CC(C)C1. The molecule has 1 aliphatic heterocycles. The number of nitrogens with one attached hydrogen (secondary N) is 1. The molecule has 1 aromatic heterocycles. The molecule has 1 fully saturated rings. The molecule has 2 rings (SSSR count). The molecule has 1 N–H and O–H groups in total. The van der Waals surface area contributed by atoms with Crippen LogP contribution >= 0.6 is 0 Å². The Hall–Kier alpha value is -1.09. The second kappa shape index (κ2) is 6.90. The highest BCUT2D eigenvalue weighted by molar-refractivity contribution is 5.47. The van der Waals surface area contributed by atoms with E-state index in [2.05, 4.69) is 42.0 Å². The Bertz CT molecular complexity index is 381. The van der Waals surface area contributed by atoms with Crippen molar-refractivity contribution >= 4 is 5.82 Å². The fourth-order valence-corrected chi connectivity index (χ4v) is 3.09. The van der Waals surface area contributed by atoms with Crippen molar-refractivity contribution in [2.45, 2.75) is 40.2 Å². The molecule has 3 heteroatoms. The smallest absolute Gasteiger partial charge is 0.133 e. The molecule has 106 valence electrons. The van der Waals surface area contributed by atoms with E-state index in [1.54, 1.807) is 0 Å². The monoisotopic (exact) mass is 261 g/mol. The molecule has 1 aromatic rings. The van der Waals surface area contributed by atoms with Gasteiger partial charge < -0.3 is 10.2 Å². The van der Waals surface area contributed by atoms with Crippen LogP contribution in [0.2, 0.25) is 0 Å². The highest BCUT2D eigenvalue weighted by Gasteiger charge is 2.23. The third-order valence-electron chi connectivity index (χ3n) is 3.78. The van der Waals surface area contributed by atoms with Gasteiger partial charge in [0.2, 0.25) is 0 Å². The van der Waals surface area contributed by atoms with Crippen molar-refractivity contribution in [3.63, 3.8) is 0 Å². The number of hydrogen-bond acceptors (Lipinski definition) is 3. The topological polar surface area (TPSA) is 28.2 Å². The highest BCUT2D eigenvalue weighted by Crippen LogP contribution is 2.27. The fraction of sp³-hybridized carbons (Fsp3) is 0.688. The van der Waals surface area contributed by atoms with E-state index < -0.39 is 0 Å². The van der Waals surface area contributed by atoms with Gasteiger partial charge in [-0.3, -0.25) is 0 Å². The number of pyridine rings is 1. The molecule has 1 saturated heterocycles. The van der Waals surface area contributed by atoms with Gasteiger partial charge in [-0.2, -0.15) is 0 Å². The summed E-state index contributed by atoms with van der Waals surface area (Å²) in [5.41, 5.74) is 1.33. The molecule has 0 bridgehead atoms. The summed E-state index contributed by atoms with van der Waals surface area (Å²) in [6.07, 6.45) is 4.43. The first-order valence-electron chi connectivity index (χ1n) is 7.60. The van der Waals surface area contributed by atoms with E-state index in [0.717, 1.165) is 38.0 Å². The predicted octanol–water partition coefficient (Wildman–Crippen LogP) is 3.06. The van der Waals surface area contributed by atoms with Crippen LogP contribution in [0.5, 0.6) is 0 Å². The normalized spacial score (nSPS) is 23.6. The molecule has 0 amide bonds. The van der Waals surface area contributed by atoms with Crippen LogP contribution in [-0.2, 0) is 6.54 Å². The molecule has 19 heavy (non-hydrogen) atoms. The van der Waals surface area contributed by atoms with Gasteiger partial charge in [-0.05, 0) is 37.3 Å². The van der Waals surface area contributed by atoms with Crippen LogP contribution < -0.4 is 10.2 Å². The average Bonchev–Trinajstić information content (AvgIpc) is 2.38. The minimum Gasteiger partial charge on any atom is -0.356 e. The van der Waals surface area contributed by atoms with Crippen molar-refractivity contribution in [2.75, 3.05) is 24.5 Å². The number of rotatable bonds is 5. The van der Waals surface area contributed by atoms with E-state index >= 15 is 0 Å². The van der Waals surface area contributed by atoms with Crippen molar-refractivity contribution in [1.29, 1.82) is 0 Å². The van der Waals surface area contributed by atoms with Gasteiger partial charge in [0, 0.05) is 31.4 Å². The Morgan fingerprint density at radius 3 is 2.74 bits per heavy atom. The molecule has 0 aliphatic carbocycles. The molecule has 0 spiro atoms. The maximum atomic E-state index is 4.64. The summed E-state index contributed by atoms with van der Waals surface area (Å²) in [5.74, 6) is 2.72. The van der Waals surface area contributed by atoms with Gasteiger partial charge in [0.15, 0.2) is 0 Å². The van der Waals surface area contributed by atoms with Gasteiger partial charge in [-0.15, -0.1) is 0 Å². The summed E-state index contributed by atoms with van der Waals surface area (Å²) in [7, 11) is 0. The molecular formula is C16H27N3.